The van der Waals surface area contributed by atoms with Gasteiger partial charge in [-0.3, -0.25) is 4.79 Å². The summed E-state index contributed by atoms with van der Waals surface area (Å²) in [5, 5.41) is 1.61. The number of alkyl halides is 6. The molecule has 4 nitrogen and oxygen atoms in total. The van der Waals surface area contributed by atoms with Crippen molar-refractivity contribution in [2.24, 2.45) is 7.05 Å². The number of rotatable bonds is 3. The van der Waals surface area contributed by atoms with E-state index in [0.717, 1.165) is 25.2 Å². The number of halogens is 7. The molecule has 0 fully saturated rings. The van der Waals surface area contributed by atoms with E-state index in [-0.39, 0.29) is 0 Å². The number of carbonyl (C=O) groups excluding carboxylic acids is 1. The average Bonchev–Trinajstić information content (AvgIpc) is 2.76. The number of ether oxygens (including phenoxy) is 1. The summed E-state index contributed by atoms with van der Waals surface area (Å²) in [5.41, 5.74) is -3.74. The molecule has 0 aliphatic heterocycles. The zero-order valence-electron chi connectivity index (χ0n) is 11.7. The van der Waals surface area contributed by atoms with Gasteiger partial charge in [-0.15, -0.1) is 0 Å². The Morgan fingerprint density at radius 3 is 2.29 bits per heavy atom. The Morgan fingerprint density at radius 2 is 1.79 bits per heavy atom. The van der Waals surface area contributed by atoms with Crippen LogP contribution in [0.5, 0.6) is 11.6 Å². The molecule has 0 aliphatic carbocycles. The Kier molecular flexibility index (Phi) is 4.53. The van der Waals surface area contributed by atoms with Crippen LogP contribution in [0.3, 0.4) is 0 Å². The Hall–Kier alpha value is -2.23. The van der Waals surface area contributed by atoms with Crippen molar-refractivity contribution in [3.63, 3.8) is 0 Å². The van der Waals surface area contributed by atoms with Crippen LogP contribution < -0.4 is 4.74 Å². The number of nitrogens with zero attached hydrogens (tertiary/aromatic N) is 2. The predicted molar refractivity (Wildman–Crippen MR) is 69.9 cm³/mol. The molecule has 0 N–H and O–H groups in total. The van der Waals surface area contributed by atoms with Crippen LogP contribution in [0.1, 0.15) is 21.6 Å². The maximum atomic E-state index is 12.9. The summed E-state index contributed by atoms with van der Waals surface area (Å²) in [6.07, 6.45) is -9.67. The lowest BCUT2D eigenvalue weighted by Crippen LogP contribution is -2.10. The Morgan fingerprint density at radius 1 is 1.17 bits per heavy atom. The number of benzene rings is 1. The van der Waals surface area contributed by atoms with Gasteiger partial charge in [-0.2, -0.15) is 31.4 Å². The van der Waals surface area contributed by atoms with E-state index in [1.165, 1.54) is 0 Å². The number of aryl methyl sites for hydroxylation is 1. The van der Waals surface area contributed by atoms with E-state index < -0.39 is 46.0 Å². The van der Waals surface area contributed by atoms with Crippen LogP contribution in [0.2, 0.25) is 0 Å². The molecular formula is C13H7ClF6N2O2. The van der Waals surface area contributed by atoms with Crippen molar-refractivity contribution in [2.45, 2.75) is 12.4 Å². The topological polar surface area (TPSA) is 44.1 Å². The lowest BCUT2D eigenvalue weighted by molar-refractivity contribution is -0.141. The van der Waals surface area contributed by atoms with Gasteiger partial charge >= 0.3 is 12.4 Å². The molecule has 0 unspecified atom stereocenters. The minimum Gasteiger partial charge on any atom is -0.438 e. The molecule has 11 heteroatoms. The smallest absolute Gasteiger partial charge is 0.436 e. The maximum absolute atomic E-state index is 12.9. The standard InChI is InChI=1S/C13H7ClF6N2O2/c1-22-11(8(10(14)23)9(21-22)13(18,19)20)24-7-4-2-3-6(5-7)12(15,16)17/h2-5H,1H3. The second-order valence-electron chi connectivity index (χ2n) is 4.55. The SMILES string of the molecule is Cn1nc(C(F)(F)F)c(C(=O)Cl)c1Oc1cccc(C(F)(F)F)c1. The first-order valence-corrected chi connectivity index (χ1v) is 6.48. The molecule has 1 aromatic carbocycles. The van der Waals surface area contributed by atoms with E-state index in [0.29, 0.717) is 10.7 Å². The van der Waals surface area contributed by atoms with E-state index in [1.807, 2.05) is 0 Å². The first kappa shape index (κ1) is 18.1. The normalized spacial score (nSPS) is 12.3. The molecule has 0 spiro atoms. The van der Waals surface area contributed by atoms with Crippen LogP contribution in [0.25, 0.3) is 0 Å². The Labute approximate surface area is 135 Å². The zero-order valence-corrected chi connectivity index (χ0v) is 12.4. The van der Waals surface area contributed by atoms with Gasteiger partial charge in [0.1, 0.15) is 11.3 Å². The highest BCUT2D eigenvalue weighted by Crippen LogP contribution is 2.38. The molecule has 0 amide bonds. The van der Waals surface area contributed by atoms with Crippen molar-refractivity contribution in [3.05, 3.63) is 41.1 Å². The first-order chi connectivity index (χ1) is 10.9. The van der Waals surface area contributed by atoms with Gasteiger partial charge in [0.2, 0.25) is 5.88 Å². The van der Waals surface area contributed by atoms with Crippen LogP contribution in [0, 0.1) is 0 Å². The van der Waals surface area contributed by atoms with Crippen LogP contribution in [0.4, 0.5) is 26.3 Å². The van der Waals surface area contributed by atoms with Gasteiger partial charge in [0.05, 0.1) is 5.56 Å². The maximum Gasteiger partial charge on any atom is 0.436 e. The van der Waals surface area contributed by atoms with Crippen molar-refractivity contribution in [3.8, 4) is 11.6 Å². The van der Waals surface area contributed by atoms with Crippen molar-refractivity contribution >= 4 is 16.8 Å². The van der Waals surface area contributed by atoms with Gasteiger partial charge < -0.3 is 4.74 Å². The van der Waals surface area contributed by atoms with E-state index in [9.17, 15) is 31.1 Å². The summed E-state index contributed by atoms with van der Waals surface area (Å²) < 4.78 is 82.2. The summed E-state index contributed by atoms with van der Waals surface area (Å²) >= 11 is 5.15. The predicted octanol–water partition coefficient (Wildman–Crippen LogP) is 4.63. The molecule has 2 aromatic rings. The Bertz CT molecular complexity index is 782. The quantitative estimate of drug-likeness (QED) is 0.583. The second kappa shape index (κ2) is 6.00. The summed E-state index contributed by atoms with van der Waals surface area (Å²) in [4.78, 5) is 11.3. The molecule has 1 aromatic heterocycles. The molecule has 1 heterocycles. The summed E-state index contributed by atoms with van der Waals surface area (Å²) in [7, 11) is 1.03. The van der Waals surface area contributed by atoms with Gasteiger partial charge in [-0.1, -0.05) is 6.07 Å². The van der Waals surface area contributed by atoms with Crippen molar-refractivity contribution in [1.29, 1.82) is 0 Å². The third-order valence-electron chi connectivity index (χ3n) is 2.84. The molecule has 0 radical (unpaired) electrons. The summed E-state index contributed by atoms with van der Waals surface area (Å²) in [6, 6.07) is 3.41. The van der Waals surface area contributed by atoms with Gasteiger partial charge in [0.15, 0.2) is 5.69 Å². The minimum atomic E-state index is -4.99. The first-order valence-electron chi connectivity index (χ1n) is 6.10. The molecular weight excluding hydrogens is 366 g/mol. The van der Waals surface area contributed by atoms with Gasteiger partial charge in [0.25, 0.3) is 5.24 Å². The monoisotopic (exact) mass is 372 g/mol. The highest BCUT2D eigenvalue weighted by molar-refractivity contribution is 6.68. The molecule has 0 aliphatic rings. The number of hydrogen-bond acceptors (Lipinski definition) is 3. The summed E-state index contributed by atoms with van der Waals surface area (Å²) in [5.74, 6) is -1.15. The molecule has 2 rings (SSSR count). The lowest BCUT2D eigenvalue weighted by atomic mass is 10.2. The molecule has 0 saturated heterocycles. The molecule has 0 saturated carbocycles. The van der Waals surface area contributed by atoms with Gasteiger partial charge in [0, 0.05) is 7.05 Å². The lowest BCUT2D eigenvalue weighted by Gasteiger charge is -2.10. The van der Waals surface area contributed by atoms with Crippen LogP contribution in [-0.2, 0) is 19.4 Å². The fraction of sp³-hybridized carbons (Fsp3) is 0.231. The fourth-order valence-electron chi connectivity index (χ4n) is 1.85. The molecule has 130 valence electrons. The van der Waals surface area contributed by atoms with Gasteiger partial charge in [-0.05, 0) is 29.8 Å². The zero-order chi connectivity index (χ0) is 18.3. The summed E-state index contributed by atoms with van der Waals surface area (Å²) in [6.45, 7) is 0. The van der Waals surface area contributed by atoms with E-state index in [4.69, 9.17) is 16.3 Å². The van der Waals surface area contributed by atoms with Crippen molar-refractivity contribution < 1.29 is 35.9 Å². The third-order valence-corrected chi connectivity index (χ3v) is 3.02. The van der Waals surface area contributed by atoms with E-state index in [1.54, 1.807) is 0 Å². The van der Waals surface area contributed by atoms with Crippen LogP contribution >= 0.6 is 11.6 Å². The van der Waals surface area contributed by atoms with Crippen molar-refractivity contribution in [2.75, 3.05) is 0 Å². The molecule has 0 atom stereocenters. The number of hydrogen-bond donors (Lipinski definition) is 0. The van der Waals surface area contributed by atoms with Gasteiger partial charge in [-0.25, -0.2) is 4.68 Å². The Balaban J connectivity index is 2.51. The minimum absolute atomic E-state index is 0.430. The highest BCUT2D eigenvalue weighted by Gasteiger charge is 2.42. The van der Waals surface area contributed by atoms with E-state index in [2.05, 4.69) is 5.10 Å². The number of carbonyl (C=O) groups is 1. The highest BCUT2D eigenvalue weighted by atomic mass is 35.5. The second-order valence-corrected chi connectivity index (χ2v) is 4.89. The van der Waals surface area contributed by atoms with Crippen molar-refractivity contribution in [1.82, 2.24) is 9.78 Å². The number of aromatic nitrogens is 2. The van der Waals surface area contributed by atoms with Crippen LogP contribution in [0.15, 0.2) is 24.3 Å². The molecule has 24 heavy (non-hydrogen) atoms. The average molecular weight is 373 g/mol. The van der Waals surface area contributed by atoms with E-state index >= 15 is 0 Å². The third kappa shape index (κ3) is 3.64. The fourth-order valence-corrected chi connectivity index (χ4v) is 2.02. The molecule has 0 bridgehead atoms. The van der Waals surface area contributed by atoms with Crippen LogP contribution in [-0.4, -0.2) is 15.0 Å². The largest absolute Gasteiger partial charge is 0.438 e.